The summed E-state index contributed by atoms with van der Waals surface area (Å²) < 4.78 is 0. The fourth-order valence-electron chi connectivity index (χ4n) is 2.15. The van der Waals surface area contributed by atoms with E-state index in [2.05, 4.69) is 14.9 Å². The maximum atomic E-state index is 9.23. The van der Waals surface area contributed by atoms with Gasteiger partial charge in [-0.05, 0) is 24.8 Å². The van der Waals surface area contributed by atoms with Gasteiger partial charge in [0.05, 0.1) is 0 Å². The fraction of sp³-hybridized carbons (Fsp3) is 0.667. The number of hydrogen-bond donors (Lipinski definition) is 1. The number of aliphatic hydroxyl groups excluding tert-OH is 1. The number of rotatable bonds is 3. The van der Waals surface area contributed by atoms with Crippen LogP contribution in [0.2, 0.25) is 0 Å². The first-order chi connectivity index (χ1) is 8.20. The maximum absolute atomic E-state index is 9.23. The van der Waals surface area contributed by atoms with E-state index in [1.54, 1.807) is 6.20 Å². The topological polar surface area (TPSA) is 52.5 Å². The third-order valence-electron chi connectivity index (χ3n) is 3.13. The third kappa shape index (κ3) is 2.85. The van der Waals surface area contributed by atoms with E-state index in [0.29, 0.717) is 5.92 Å². The highest BCUT2D eigenvalue weighted by atomic mass is 16.3. The van der Waals surface area contributed by atoms with Crippen molar-refractivity contribution in [3.63, 3.8) is 0 Å². The van der Waals surface area contributed by atoms with E-state index < -0.39 is 0 Å². The molecule has 5 nitrogen and oxygen atoms in total. The average Bonchev–Trinajstić information content (AvgIpc) is 2.39. The molecule has 0 amide bonds. The summed E-state index contributed by atoms with van der Waals surface area (Å²) in [6.45, 7) is 2.17. The Hall–Kier alpha value is -1.36. The lowest BCUT2D eigenvalue weighted by atomic mass is 9.99. The molecule has 2 heterocycles. The smallest absolute Gasteiger partial charge is 0.226 e. The molecule has 0 spiro atoms. The van der Waals surface area contributed by atoms with E-state index in [1.807, 2.05) is 25.1 Å². The van der Waals surface area contributed by atoms with Crippen molar-refractivity contribution in [2.75, 3.05) is 43.6 Å². The molecule has 0 aliphatic carbocycles. The van der Waals surface area contributed by atoms with E-state index in [1.165, 1.54) is 0 Å². The Morgan fingerprint density at radius 1 is 1.53 bits per heavy atom. The fourth-order valence-corrected chi connectivity index (χ4v) is 2.15. The molecule has 0 saturated carbocycles. The lowest BCUT2D eigenvalue weighted by Crippen LogP contribution is -2.37. The molecular weight excluding hydrogens is 216 g/mol. The van der Waals surface area contributed by atoms with Crippen LogP contribution in [-0.2, 0) is 0 Å². The summed E-state index contributed by atoms with van der Waals surface area (Å²) in [5.74, 6) is 2.07. The number of aromatic nitrogens is 2. The molecule has 1 aliphatic heterocycles. The van der Waals surface area contributed by atoms with Gasteiger partial charge in [0.15, 0.2) is 0 Å². The van der Waals surface area contributed by atoms with Crippen LogP contribution in [0.15, 0.2) is 12.3 Å². The van der Waals surface area contributed by atoms with Crippen molar-refractivity contribution in [1.29, 1.82) is 0 Å². The van der Waals surface area contributed by atoms with Crippen molar-refractivity contribution in [3.05, 3.63) is 12.3 Å². The van der Waals surface area contributed by atoms with Crippen molar-refractivity contribution >= 4 is 11.8 Å². The molecular formula is C12H20N4O. The minimum Gasteiger partial charge on any atom is -0.396 e. The first-order valence-corrected chi connectivity index (χ1v) is 6.07. The molecule has 17 heavy (non-hydrogen) atoms. The Kier molecular flexibility index (Phi) is 3.78. The lowest BCUT2D eigenvalue weighted by molar-refractivity contribution is 0.208. The number of anilines is 2. The number of nitrogens with zero attached hydrogens (tertiary/aromatic N) is 4. The monoisotopic (exact) mass is 236 g/mol. The SMILES string of the molecule is CN(C)c1nccc(N2CCCC(CO)C2)n1. The van der Waals surface area contributed by atoms with Crippen LogP contribution in [0.5, 0.6) is 0 Å². The van der Waals surface area contributed by atoms with Gasteiger partial charge in [-0.15, -0.1) is 0 Å². The van der Waals surface area contributed by atoms with E-state index >= 15 is 0 Å². The van der Waals surface area contributed by atoms with Crippen LogP contribution in [0.4, 0.5) is 11.8 Å². The summed E-state index contributed by atoms with van der Waals surface area (Å²) in [7, 11) is 3.87. The van der Waals surface area contributed by atoms with E-state index in [4.69, 9.17) is 0 Å². The Morgan fingerprint density at radius 2 is 2.35 bits per heavy atom. The normalized spacial score (nSPS) is 20.4. The van der Waals surface area contributed by atoms with Gasteiger partial charge < -0.3 is 14.9 Å². The number of hydrogen-bond acceptors (Lipinski definition) is 5. The summed E-state index contributed by atoms with van der Waals surface area (Å²) in [6, 6.07) is 1.94. The third-order valence-corrected chi connectivity index (χ3v) is 3.13. The van der Waals surface area contributed by atoms with E-state index in [9.17, 15) is 5.11 Å². The van der Waals surface area contributed by atoms with Gasteiger partial charge in [0.2, 0.25) is 5.95 Å². The van der Waals surface area contributed by atoms with Crippen molar-refractivity contribution in [2.24, 2.45) is 5.92 Å². The van der Waals surface area contributed by atoms with Crippen molar-refractivity contribution in [2.45, 2.75) is 12.8 Å². The van der Waals surface area contributed by atoms with Crippen LogP contribution in [0.1, 0.15) is 12.8 Å². The minimum atomic E-state index is 0.266. The molecule has 0 bridgehead atoms. The second kappa shape index (κ2) is 5.31. The summed E-state index contributed by atoms with van der Waals surface area (Å²) in [6.07, 6.45) is 4.02. The molecule has 94 valence electrons. The van der Waals surface area contributed by atoms with Crippen LogP contribution < -0.4 is 9.80 Å². The number of piperidine rings is 1. The van der Waals surface area contributed by atoms with Gasteiger partial charge >= 0.3 is 0 Å². The molecule has 1 aromatic heterocycles. The molecule has 1 saturated heterocycles. The zero-order valence-corrected chi connectivity index (χ0v) is 10.5. The second-order valence-electron chi connectivity index (χ2n) is 4.75. The highest BCUT2D eigenvalue weighted by molar-refractivity contribution is 5.43. The van der Waals surface area contributed by atoms with Crippen LogP contribution in [0.25, 0.3) is 0 Å². The Labute approximate surface area is 102 Å². The van der Waals surface area contributed by atoms with Gasteiger partial charge in [0, 0.05) is 40.0 Å². The van der Waals surface area contributed by atoms with Crippen LogP contribution in [0, 0.1) is 5.92 Å². The van der Waals surface area contributed by atoms with E-state index in [0.717, 1.165) is 37.7 Å². The van der Waals surface area contributed by atoms with Crippen LogP contribution >= 0.6 is 0 Å². The standard InChI is InChI=1S/C12H20N4O/c1-15(2)12-13-6-5-11(14-12)16-7-3-4-10(8-16)9-17/h5-6,10,17H,3-4,7-9H2,1-2H3. The molecule has 1 fully saturated rings. The quantitative estimate of drug-likeness (QED) is 0.839. The predicted molar refractivity (Wildman–Crippen MR) is 68.4 cm³/mol. The first kappa shape index (κ1) is 12.1. The highest BCUT2D eigenvalue weighted by Gasteiger charge is 2.20. The van der Waals surface area contributed by atoms with Gasteiger partial charge in [-0.3, -0.25) is 0 Å². The molecule has 1 aromatic rings. The molecule has 0 aromatic carbocycles. The molecule has 1 N–H and O–H groups in total. The Morgan fingerprint density at radius 3 is 3.06 bits per heavy atom. The summed E-state index contributed by atoms with van der Waals surface area (Å²) in [5, 5.41) is 9.23. The molecule has 0 radical (unpaired) electrons. The summed E-state index contributed by atoms with van der Waals surface area (Å²) in [5.41, 5.74) is 0. The molecule has 1 aliphatic rings. The van der Waals surface area contributed by atoms with Crippen molar-refractivity contribution in [1.82, 2.24) is 9.97 Å². The molecule has 1 unspecified atom stereocenters. The molecule has 5 heteroatoms. The van der Waals surface area contributed by atoms with Crippen LogP contribution in [-0.4, -0.2) is 48.9 Å². The molecule has 1 atom stereocenters. The van der Waals surface area contributed by atoms with Crippen LogP contribution in [0.3, 0.4) is 0 Å². The lowest BCUT2D eigenvalue weighted by Gasteiger charge is -2.32. The second-order valence-corrected chi connectivity index (χ2v) is 4.75. The maximum Gasteiger partial charge on any atom is 0.226 e. The van der Waals surface area contributed by atoms with Crippen molar-refractivity contribution < 1.29 is 5.11 Å². The highest BCUT2D eigenvalue weighted by Crippen LogP contribution is 2.21. The average molecular weight is 236 g/mol. The zero-order valence-electron chi connectivity index (χ0n) is 10.5. The van der Waals surface area contributed by atoms with Gasteiger partial charge in [-0.25, -0.2) is 4.98 Å². The predicted octanol–water partition coefficient (Wildman–Crippen LogP) is 0.751. The minimum absolute atomic E-state index is 0.266. The van der Waals surface area contributed by atoms with Gasteiger partial charge in [0.25, 0.3) is 0 Å². The van der Waals surface area contributed by atoms with Gasteiger partial charge in [-0.2, -0.15) is 4.98 Å². The zero-order chi connectivity index (χ0) is 12.3. The molecule has 2 rings (SSSR count). The van der Waals surface area contributed by atoms with E-state index in [-0.39, 0.29) is 6.61 Å². The summed E-state index contributed by atoms with van der Waals surface area (Å²) >= 11 is 0. The first-order valence-electron chi connectivity index (χ1n) is 6.07. The van der Waals surface area contributed by atoms with Gasteiger partial charge in [0.1, 0.15) is 5.82 Å². The largest absolute Gasteiger partial charge is 0.396 e. The number of aliphatic hydroxyl groups is 1. The summed E-state index contributed by atoms with van der Waals surface area (Å²) in [4.78, 5) is 12.9. The Balaban J connectivity index is 2.13. The van der Waals surface area contributed by atoms with Crippen molar-refractivity contribution in [3.8, 4) is 0 Å². The Bertz CT molecular complexity index is 369. The van der Waals surface area contributed by atoms with Gasteiger partial charge in [-0.1, -0.05) is 0 Å².